The molecule has 1 aromatic rings. The third-order valence-corrected chi connectivity index (χ3v) is 4.09. The molecule has 1 atom stereocenters. The molecule has 0 aromatic heterocycles. The first-order valence-corrected chi connectivity index (χ1v) is 7.44. The highest BCUT2D eigenvalue weighted by molar-refractivity contribution is 6.31. The van der Waals surface area contributed by atoms with Crippen LogP contribution in [0.2, 0.25) is 5.02 Å². The van der Waals surface area contributed by atoms with Crippen LogP contribution in [-0.4, -0.2) is 61.9 Å². The second-order valence-electron chi connectivity index (χ2n) is 5.45. The number of benzene rings is 1. The van der Waals surface area contributed by atoms with E-state index < -0.39 is 5.82 Å². The maximum Gasteiger partial charge on any atom is 0.253 e. The summed E-state index contributed by atoms with van der Waals surface area (Å²) in [4.78, 5) is 28.1. The number of hydrogen-bond donors (Lipinski definition) is 1. The molecule has 0 saturated carbocycles. The van der Waals surface area contributed by atoms with Crippen molar-refractivity contribution in [3.05, 3.63) is 34.6 Å². The summed E-state index contributed by atoms with van der Waals surface area (Å²) in [6.45, 7) is 2.11. The van der Waals surface area contributed by atoms with Crippen molar-refractivity contribution in [2.24, 2.45) is 5.92 Å². The zero-order valence-electron chi connectivity index (χ0n) is 12.6. The van der Waals surface area contributed by atoms with E-state index in [0.717, 1.165) is 0 Å². The monoisotopic (exact) mass is 327 g/mol. The number of carbonyl (C=O) groups is 2. The summed E-state index contributed by atoms with van der Waals surface area (Å²) in [7, 11) is 3.50. The lowest BCUT2D eigenvalue weighted by molar-refractivity contribution is -0.125. The third-order valence-electron chi connectivity index (χ3n) is 3.80. The van der Waals surface area contributed by atoms with Crippen molar-refractivity contribution in [3.8, 4) is 0 Å². The Kier molecular flexibility index (Phi) is 5.37. The Bertz CT molecular complexity index is 582. The molecule has 1 fully saturated rings. The number of hydrogen-bond acceptors (Lipinski definition) is 3. The van der Waals surface area contributed by atoms with Gasteiger partial charge in [0.25, 0.3) is 5.91 Å². The maximum absolute atomic E-state index is 13.2. The zero-order valence-corrected chi connectivity index (χ0v) is 13.4. The van der Waals surface area contributed by atoms with Crippen molar-refractivity contribution in [2.45, 2.75) is 0 Å². The summed E-state index contributed by atoms with van der Waals surface area (Å²) >= 11 is 5.74. The molecule has 2 rings (SSSR count). The molecule has 22 heavy (non-hydrogen) atoms. The molecule has 0 radical (unpaired) electrons. The van der Waals surface area contributed by atoms with E-state index in [2.05, 4.69) is 5.32 Å². The highest BCUT2D eigenvalue weighted by Gasteiger charge is 2.29. The largest absolute Gasteiger partial charge is 0.359 e. The summed E-state index contributed by atoms with van der Waals surface area (Å²) in [6.07, 6.45) is 0. The average molecular weight is 328 g/mol. The number of nitrogens with one attached hydrogen (secondary N) is 1. The van der Waals surface area contributed by atoms with Crippen LogP contribution in [0.5, 0.6) is 0 Å². The molecule has 1 N–H and O–H groups in total. The van der Waals surface area contributed by atoms with Gasteiger partial charge in [0.1, 0.15) is 5.82 Å². The molecule has 2 amide bonds. The second-order valence-corrected chi connectivity index (χ2v) is 5.86. The predicted molar refractivity (Wildman–Crippen MR) is 82.4 cm³/mol. The summed E-state index contributed by atoms with van der Waals surface area (Å²) in [5.74, 6) is -1.19. The van der Waals surface area contributed by atoms with E-state index in [0.29, 0.717) is 31.7 Å². The minimum Gasteiger partial charge on any atom is -0.359 e. The van der Waals surface area contributed by atoms with Crippen LogP contribution in [0.4, 0.5) is 4.39 Å². The van der Waals surface area contributed by atoms with Crippen LogP contribution < -0.4 is 5.32 Å². The molecule has 5 nitrogen and oxygen atoms in total. The Labute approximate surface area is 134 Å². The molecule has 0 spiro atoms. The van der Waals surface area contributed by atoms with Crippen molar-refractivity contribution >= 4 is 23.4 Å². The molecular weight excluding hydrogens is 309 g/mol. The van der Waals surface area contributed by atoms with Crippen molar-refractivity contribution in [1.29, 1.82) is 0 Å². The van der Waals surface area contributed by atoms with Crippen molar-refractivity contribution in [3.63, 3.8) is 0 Å². The van der Waals surface area contributed by atoms with Crippen molar-refractivity contribution < 1.29 is 14.0 Å². The minimum absolute atomic E-state index is 0.0827. The van der Waals surface area contributed by atoms with E-state index in [-0.39, 0.29) is 22.8 Å². The highest BCUT2D eigenvalue weighted by atomic mass is 35.5. The Hall–Kier alpha value is -1.66. The standard InChI is InChI=1S/C15H19ClFN3O2/c1-18-14(21)11-8-19(2)5-6-20(9-11)15(22)10-3-4-13(17)12(16)7-10/h3-4,7,11H,5-6,8-9H2,1-2H3,(H,18,21). The first kappa shape index (κ1) is 16.7. The van der Waals surface area contributed by atoms with E-state index >= 15 is 0 Å². The van der Waals surface area contributed by atoms with Crippen LogP contribution in [0, 0.1) is 11.7 Å². The van der Waals surface area contributed by atoms with E-state index in [1.807, 2.05) is 11.9 Å². The molecule has 1 aliphatic heterocycles. The fourth-order valence-electron chi connectivity index (χ4n) is 2.54. The molecule has 1 aliphatic rings. The number of likely N-dealkylation sites (N-methyl/N-ethyl adjacent to an activating group) is 1. The fourth-order valence-corrected chi connectivity index (χ4v) is 2.72. The van der Waals surface area contributed by atoms with E-state index in [1.165, 1.54) is 18.2 Å². The van der Waals surface area contributed by atoms with E-state index in [4.69, 9.17) is 11.6 Å². The SMILES string of the molecule is CNC(=O)C1CN(C)CCN(C(=O)c2ccc(F)c(Cl)c2)C1. The van der Waals surface area contributed by atoms with Gasteiger partial charge in [-0.2, -0.15) is 0 Å². The van der Waals surface area contributed by atoms with Gasteiger partial charge in [0.2, 0.25) is 5.91 Å². The van der Waals surface area contributed by atoms with Gasteiger partial charge in [-0.1, -0.05) is 11.6 Å². The van der Waals surface area contributed by atoms with Gasteiger partial charge in [-0.05, 0) is 25.2 Å². The van der Waals surface area contributed by atoms with Gasteiger partial charge in [0.15, 0.2) is 0 Å². The van der Waals surface area contributed by atoms with Crippen LogP contribution in [0.3, 0.4) is 0 Å². The molecule has 1 aromatic carbocycles. The lowest BCUT2D eigenvalue weighted by Gasteiger charge is -2.23. The number of nitrogens with zero attached hydrogens (tertiary/aromatic N) is 2. The maximum atomic E-state index is 13.2. The van der Waals surface area contributed by atoms with Gasteiger partial charge in [-0.3, -0.25) is 9.59 Å². The van der Waals surface area contributed by atoms with Gasteiger partial charge in [0, 0.05) is 38.8 Å². The number of rotatable bonds is 2. The van der Waals surface area contributed by atoms with Crippen LogP contribution >= 0.6 is 11.6 Å². The summed E-state index contributed by atoms with van der Waals surface area (Å²) in [6, 6.07) is 3.91. The second kappa shape index (κ2) is 7.07. The quantitative estimate of drug-likeness (QED) is 0.889. The Morgan fingerprint density at radius 3 is 2.68 bits per heavy atom. The zero-order chi connectivity index (χ0) is 16.3. The first-order chi connectivity index (χ1) is 10.4. The van der Waals surface area contributed by atoms with Crippen molar-refractivity contribution in [2.75, 3.05) is 40.3 Å². The summed E-state index contributed by atoms with van der Waals surface area (Å²) in [5, 5.41) is 2.54. The van der Waals surface area contributed by atoms with E-state index in [1.54, 1.807) is 11.9 Å². The number of halogens is 2. The lowest BCUT2D eigenvalue weighted by atomic mass is 10.1. The normalized spacial score (nSPS) is 19.6. The highest BCUT2D eigenvalue weighted by Crippen LogP contribution is 2.19. The summed E-state index contributed by atoms with van der Waals surface area (Å²) < 4.78 is 13.2. The summed E-state index contributed by atoms with van der Waals surface area (Å²) in [5.41, 5.74) is 0.326. The van der Waals surface area contributed by atoms with Gasteiger partial charge in [0.05, 0.1) is 10.9 Å². The minimum atomic E-state index is -0.558. The molecule has 0 bridgehead atoms. The van der Waals surface area contributed by atoms with Crippen molar-refractivity contribution in [1.82, 2.24) is 15.1 Å². The molecule has 1 unspecified atom stereocenters. The molecule has 1 saturated heterocycles. The smallest absolute Gasteiger partial charge is 0.253 e. The lowest BCUT2D eigenvalue weighted by Crippen LogP contribution is -2.41. The number of amides is 2. The first-order valence-electron chi connectivity index (χ1n) is 7.07. The Morgan fingerprint density at radius 2 is 2.05 bits per heavy atom. The molecule has 7 heteroatoms. The number of carbonyl (C=O) groups excluding carboxylic acids is 2. The van der Waals surface area contributed by atoms with Crippen LogP contribution in [-0.2, 0) is 4.79 Å². The van der Waals surface area contributed by atoms with Gasteiger partial charge in [-0.25, -0.2) is 4.39 Å². The molecule has 0 aliphatic carbocycles. The van der Waals surface area contributed by atoms with Gasteiger partial charge in [-0.15, -0.1) is 0 Å². The molecule has 1 heterocycles. The van der Waals surface area contributed by atoms with E-state index in [9.17, 15) is 14.0 Å². The van der Waals surface area contributed by atoms with Gasteiger partial charge >= 0.3 is 0 Å². The van der Waals surface area contributed by atoms with Gasteiger partial charge < -0.3 is 15.1 Å². The molecule has 120 valence electrons. The third kappa shape index (κ3) is 3.75. The topological polar surface area (TPSA) is 52.7 Å². The fraction of sp³-hybridized carbons (Fsp3) is 0.467. The molecular formula is C15H19ClFN3O2. The Morgan fingerprint density at radius 1 is 1.32 bits per heavy atom. The van der Waals surface area contributed by atoms with Crippen LogP contribution in [0.1, 0.15) is 10.4 Å². The Balaban J connectivity index is 2.19. The average Bonchev–Trinajstić information content (AvgIpc) is 2.70. The van der Waals surface area contributed by atoms with Crippen LogP contribution in [0.15, 0.2) is 18.2 Å². The predicted octanol–water partition coefficient (Wildman–Crippen LogP) is 1.23. The van der Waals surface area contributed by atoms with Crippen LogP contribution in [0.25, 0.3) is 0 Å².